The van der Waals surface area contributed by atoms with Crippen LogP contribution in [-0.4, -0.2) is 36.4 Å². The lowest BCUT2D eigenvalue weighted by Gasteiger charge is -2.20. The van der Waals surface area contributed by atoms with E-state index in [1.54, 1.807) is 18.2 Å². The minimum absolute atomic E-state index is 0.182. The lowest BCUT2D eigenvalue weighted by Crippen LogP contribution is -2.43. The van der Waals surface area contributed by atoms with Gasteiger partial charge in [-0.1, -0.05) is 0 Å². The number of amides is 1. The zero-order valence-electron chi connectivity index (χ0n) is 9.78. The molecule has 1 atom stereocenters. The van der Waals surface area contributed by atoms with Crippen LogP contribution in [0.25, 0.3) is 0 Å². The average molecular weight is 315 g/mol. The minimum Gasteiger partial charge on any atom is -0.398 e. The van der Waals surface area contributed by atoms with Gasteiger partial charge in [-0.15, -0.1) is 0 Å². The summed E-state index contributed by atoms with van der Waals surface area (Å²) in [5, 5.41) is 12.7. The van der Waals surface area contributed by atoms with Gasteiger partial charge in [0.15, 0.2) is 0 Å². The highest BCUT2D eigenvalue weighted by Crippen LogP contribution is 2.21. The number of nitrogens with two attached hydrogens (primary N) is 1. The van der Waals surface area contributed by atoms with Crippen LogP contribution in [0.5, 0.6) is 0 Å². The van der Waals surface area contributed by atoms with Gasteiger partial charge in [0, 0.05) is 35.3 Å². The number of carbonyl (C=O) groups is 1. The van der Waals surface area contributed by atoms with E-state index in [2.05, 4.69) is 21.2 Å². The van der Waals surface area contributed by atoms with Gasteiger partial charge in [0.1, 0.15) is 5.60 Å². The van der Waals surface area contributed by atoms with Crippen LogP contribution in [0.1, 0.15) is 16.8 Å². The summed E-state index contributed by atoms with van der Waals surface area (Å²) in [6.07, 6.45) is 0.537. The van der Waals surface area contributed by atoms with E-state index >= 15 is 0 Å². The molecule has 1 saturated heterocycles. The molecule has 0 saturated carbocycles. The Hall–Kier alpha value is -1.11. The molecule has 1 amide bonds. The Balaban J connectivity index is 1.97. The van der Waals surface area contributed by atoms with Gasteiger partial charge in [-0.3, -0.25) is 4.79 Å². The van der Waals surface area contributed by atoms with Crippen molar-refractivity contribution in [3.05, 3.63) is 28.2 Å². The summed E-state index contributed by atoms with van der Waals surface area (Å²) in [5.41, 5.74) is 5.73. The quantitative estimate of drug-likeness (QED) is 0.724. The molecule has 98 valence electrons. The Bertz CT molecular complexity index is 459. The average Bonchev–Trinajstić information content (AvgIpc) is 2.77. The van der Waals surface area contributed by atoms with Crippen molar-refractivity contribution in [1.29, 1.82) is 0 Å². The van der Waals surface area contributed by atoms with Gasteiger partial charge in [-0.2, -0.15) is 0 Å². The molecular formula is C12H15BrN2O3. The van der Waals surface area contributed by atoms with Crippen LogP contribution < -0.4 is 11.1 Å². The summed E-state index contributed by atoms with van der Waals surface area (Å²) in [5.74, 6) is -0.255. The van der Waals surface area contributed by atoms with Crippen molar-refractivity contribution < 1.29 is 14.6 Å². The third-order valence-electron chi connectivity index (χ3n) is 2.92. The number of hydrogen-bond acceptors (Lipinski definition) is 4. The van der Waals surface area contributed by atoms with E-state index in [4.69, 9.17) is 10.5 Å². The maximum absolute atomic E-state index is 11.9. The second kappa shape index (κ2) is 5.26. The largest absolute Gasteiger partial charge is 0.398 e. The molecule has 1 aromatic carbocycles. The van der Waals surface area contributed by atoms with Gasteiger partial charge in [0.25, 0.3) is 5.91 Å². The molecule has 0 spiro atoms. The molecule has 1 fully saturated rings. The summed E-state index contributed by atoms with van der Waals surface area (Å²) in [6, 6.07) is 4.98. The van der Waals surface area contributed by atoms with Crippen LogP contribution in [0.3, 0.4) is 0 Å². The molecule has 1 aliphatic heterocycles. The number of benzene rings is 1. The highest BCUT2D eigenvalue weighted by molar-refractivity contribution is 9.10. The fourth-order valence-electron chi connectivity index (χ4n) is 1.77. The fourth-order valence-corrected chi connectivity index (χ4v) is 2.01. The molecule has 1 aliphatic rings. The third kappa shape index (κ3) is 3.01. The normalized spacial score (nSPS) is 23.0. The highest BCUT2D eigenvalue weighted by atomic mass is 79.9. The Morgan fingerprint density at radius 3 is 3.00 bits per heavy atom. The zero-order valence-corrected chi connectivity index (χ0v) is 11.4. The van der Waals surface area contributed by atoms with Crippen molar-refractivity contribution in [3.8, 4) is 0 Å². The SMILES string of the molecule is Nc1cc(C(=O)NCC2(O)CCOC2)ccc1Br. The van der Waals surface area contributed by atoms with Crippen LogP contribution in [-0.2, 0) is 4.74 Å². The Morgan fingerprint density at radius 2 is 2.39 bits per heavy atom. The standard InChI is InChI=1S/C12H15BrN2O3/c13-9-2-1-8(5-10(9)14)11(16)15-6-12(17)3-4-18-7-12/h1-2,5,17H,3-4,6-7,14H2,(H,15,16). The maximum Gasteiger partial charge on any atom is 0.251 e. The first-order chi connectivity index (χ1) is 8.50. The topological polar surface area (TPSA) is 84.6 Å². The van der Waals surface area contributed by atoms with Crippen molar-refractivity contribution in [1.82, 2.24) is 5.32 Å². The van der Waals surface area contributed by atoms with Crippen LogP contribution in [0.15, 0.2) is 22.7 Å². The van der Waals surface area contributed by atoms with E-state index in [1.165, 1.54) is 0 Å². The van der Waals surface area contributed by atoms with E-state index in [9.17, 15) is 9.90 Å². The van der Waals surface area contributed by atoms with E-state index in [-0.39, 0.29) is 19.1 Å². The van der Waals surface area contributed by atoms with Crippen LogP contribution in [0, 0.1) is 0 Å². The molecule has 0 radical (unpaired) electrons. The number of nitrogen functional groups attached to an aromatic ring is 1. The Labute approximate surface area is 113 Å². The molecule has 1 aromatic rings. The fraction of sp³-hybridized carbons (Fsp3) is 0.417. The lowest BCUT2D eigenvalue weighted by atomic mass is 10.0. The molecule has 6 heteroatoms. The van der Waals surface area contributed by atoms with Crippen LogP contribution >= 0.6 is 15.9 Å². The van der Waals surface area contributed by atoms with Gasteiger partial charge in [-0.05, 0) is 34.1 Å². The van der Waals surface area contributed by atoms with Crippen molar-refractivity contribution in [3.63, 3.8) is 0 Å². The van der Waals surface area contributed by atoms with Gasteiger partial charge >= 0.3 is 0 Å². The van der Waals surface area contributed by atoms with Gasteiger partial charge in [0.2, 0.25) is 0 Å². The van der Waals surface area contributed by atoms with Crippen molar-refractivity contribution in [2.45, 2.75) is 12.0 Å². The number of ether oxygens (including phenoxy) is 1. The molecule has 1 heterocycles. The second-order valence-electron chi connectivity index (χ2n) is 4.45. The Morgan fingerprint density at radius 1 is 1.61 bits per heavy atom. The van der Waals surface area contributed by atoms with E-state index < -0.39 is 5.60 Å². The van der Waals surface area contributed by atoms with E-state index in [1.807, 2.05) is 0 Å². The molecule has 1 unspecified atom stereocenters. The second-order valence-corrected chi connectivity index (χ2v) is 5.30. The molecule has 0 aromatic heterocycles. The summed E-state index contributed by atoms with van der Waals surface area (Å²) >= 11 is 3.27. The number of carbonyl (C=O) groups excluding carboxylic acids is 1. The molecular weight excluding hydrogens is 300 g/mol. The van der Waals surface area contributed by atoms with E-state index in [0.717, 1.165) is 4.47 Å². The predicted molar refractivity (Wildman–Crippen MR) is 71.3 cm³/mol. The van der Waals surface area contributed by atoms with Crippen molar-refractivity contribution in [2.75, 3.05) is 25.5 Å². The van der Waals surface area contributed by atoms with E-state index in [0.29, 0.717) is 24.3 Å². The number of halogens is 1. The van der Waals surface area contributed by atoms with Gasteiger partial charge < -0.3 is 20.9 Å². The molecule has 0 bridgehead atoms. The highest BCUT2D eigenvalue weighted by Gasteiger charge is 2.32. The maximum atomic E-state index is 11.9. The lowest BCUT2D eigenvalue weighted by molar-refractivity contribution is 0.0264. The number of rotatable bonds is 3. The summed E-state index contributed by atoms with van der Waals surface area (Å²) < 4.78 is 5.86. The Kier molecular flexibility index (Phi) is 3.89. The summed E-state index contributed by atoms with van der Waals surface area (Å²) in [7, 11) is 0. The number of nitrogens with one attached hydrogen (secondary N) is 1. The van der Waals surface area contributed by atoms with Crippen LogP contribution in [0.4, 0.5) is 5.69 Å². The third-order valence-corrected chi connectivity index (χ3v) is 3.64. The molecule has 2 rings (SSSR count). The summed E-state index contributed by atoms with van der Waals surface area (Å²) in [4.78, 5) is 11.9. The minimum atomic E-state index is -0.948. The van der Waals surface area contributed by atoms with Crippen molar-refractivity contribution in [2.24, 2.45) is 0 Å². The first-order valence-corrected chi connectivity index (χ1v) is 6.43. The van der Waals surface area contributed by atoms with Gasteiger partial charge in [0.05, 0.1) is 6.61 Å². The van der Waals surface area contributed by atoms with Crippen LogP contribution in [0.2, 0.25) is 0 Å². The molecule has 0 aliphatic carbocycles. The van der Waals surface area contributed by atoms with Crippen molar-refractivity contribution >= 4 is 27.5 Å². The smallest absolute Gasteiger partial charge is 0.251 e. The first-order valence-electron chi connectivity index (χ1n) is 5.63. The number of anilines is 1. The summed E-state index contributed by atoms with van der Waals surface area (Å²) in [6.45, 7) is 0.967. The zero-order chi connectivity index (χ0) is 13.2. The molecule has 4 N–H and O–H groups in total. The number of hydrogen-bond donors (Lipinski definition) is 3. The molecule has 5 nitrogen and oxygen atoms in total. The monoisotopic (exact) mass is 314 g/mol. The predicted octanol–water partition coefficient (Wildman–Crippen LogP) is 0.912. The molecule has 18 heavy (non-hydrogen) atoms. The van der Waals surface area contributed by atoms with Gasteiger partial charge in [-0.25, -0.2) is 0 Å². The number of aliphatic hydroxyl groups is 1. The first kappa shape index (κ1) is 13.3.